The van der Waals surface area contributed by atoms with Gasteiger partial charge in [0.15, 0.2) is 0 Å². The minimum atomic E-state index is 0.798. The molecule has 1 N–H and O–H groups in total. The first kappa shape index (κ1) is 14.3. The predicted molar refractivity (Wildman–Crippen MR) is 85.5 cm³/mol. The maximum absolute atomic E-state index is 4.24. The maximum Gasteiger partial charge on any atom is 0.0645 e. The van der Waals surface area contributed by atoms with E-state index in [2.05, 4.69) is 46.6 Å². The van der Waals surface area contributed by atoms with Crippen molar-refractivity contribution in [2.24, 2.45) is 5.92 Å². The lowest BCUT2D eigenvalue weighted by atomic mass is 9.98. The Morgan fingerprint density at radius 1 is 1.29 bits per heavy atom. The fourth-order valence-electron chi connectivity index (χ4n) is 3.05. The molecule has 112 valence electrons. The highest BCUT2D eigenvalue weighted by Crippen LogP contribution is 2.14. The molecule has 0 radical (unpaired) electrons. The zero-order chi connectivity index (χ0) is 14.5. The van der Waals surface area contributed by atoms with E-state index in [1.807, 2.05) is 16.9 Å². The van der Waals surface area contributed by atoms with Crippen molar-refractivity contribution in [1.29, 1.82) is 0 Å². The van der Waals surface area contributed by atoms with Gasteiger partial charge in [0.1, 0.15) is 0 Å². The summed E-state index contributed by atoms with van der Waals surface area (Å²) in [6.07, 6.45) is 6.46. The molecule has 0 aliphatic carbocycles. The molecule has 0 bridgehead atoms. The van der Waals surface area contributed by atoms with E-state index in [0.717, 1.165) is 24.7 Å². The molecule has 0 spiro atoms. The van der Waals surface area contributed by atoms with Crippen LogP contribution in [0.15, 0.2) is 42.7 Å². The largest absolute Gasteiger partial charge is 0.312 e. The fourth-order valence-corrected chi connectivity index (χ4v) is 3.05. The van der Waals surface area contributed by atoms with Crippen LogP contribution in [0.2, 0.25) is 0 Å². The molecular weight excluding hydrogens is 260 g/mol. The molecule has 1 unspecified atom stereocenters. The van der Waals surface area contributed by atoms with Crippen LogP contribution in [0.5, 0.6) is 0 Å². The van der Waals surface area contributed by atoms with Crippen LogP contribution in [0, 0.1) is 5.92 Å². The maximum atomic E-state index is 4.24. The van der Waals surface area contributed by atoms with Crippen LogP contribution in [-0.2, 0) is 6.54 Å². The number of nitrogens with zero attached hydrogens (tertiary/aromatic N) is 3. The molecule has 3 rings (SSSR count). The third-order valence-corrected chi connectivity index (χ3v) is 4.19. The second-order valence-corrected chi connectivity index (χ2v) is 6.02. The Bertz CT molecular complexity index is 532. The van der Waals surface area contributed by atoms with Gasteiger partial charge >= 0.3 is 0 Å². The van der Waals surface area contributed by atoms with E-state index < -0.39 is 0 Å². The average Bonchev–Trinajstić information content (AvgIpc) is 3.02. The standard InChI is InChI=1S/C17H24N4/c1-20-10-2-4-16(14-20)13-18-12-15-5-7-17(8-6-15)21-11-3-9-19-21/h3,5-9,11,16,18H,2,4,10,12-14H2,1H3. The van der Waals surface area contributed by atoms with Crippen LogP contribution >= 0.6 is 0 Å². The minimum Gasteiger partial charge on any atom is -0.312 e. The topological polar surface area (TPSA) is 33.1 Å². The summed E-state index contributed by atoms with van der Waals surface area (Å²) in [5.41, 5.74) is 2.44. The Labute approximate surface area is 126 Å². The molecule has 1 aromatic heterocycles. The van der Waals surface area contributed by atoms with Gasteiger partial charge in [-0.1, -0.05) is 12.1 Å². The Morgan fingerprint density at radius 2 is 2.14 bits per heavy atom. The van der Waals surface area contributed by atoms with E-state index >= 15 is 0 Å². The van der Waals surface area contributed by atoms with E-state index in [-0.39, 0.29) is 0 Å². The lowest BCUT2D eigenvalue weighted by Crippen LogP contribution is -2.37. The SMILES string of the molecule is CN1CCCC(CNCc2ccc(-n3cccn3)cc2)C1. The van der Waals surface area contributed by atoms with E-state index in [1.54, 1.807) is 6.20 Å². The Kier molecular flexibility index (Phi) is 4.68. The molecule has 1 aliphatic heterocycles. The summed E-state index contributed by atoms with van der Waals surface area (Å²) in [6.45, 7) is 4.54. The quantitative estimate of drug-likeness (QED) is 0.914. The summed E-state index contributed by atoms with van der Waals surface area (Å²) in [6, 6.07) is 10.5. The minimum absolute atomic E-state index is 0.798. The molecule has 2 heterocycles. The molecule has 4 heteroatoms. The predicted octanol–water partition coefficient (Wildman–Crippen LogP) is 2.30. The van der Waals surface area contributed by atoms with Crippen molar-refractivity contribution >= 4 is 0 Å². The van der Waals surface area contributed by atoms with Gasteiger partial charge in [0.05, 0.1) is 5.69 Å². The van der Waals surface area contributed by atoms with Crippen LogP contribution in [0.25, 0.3) is 5.69 Å². The van der Waals surface area contributed by atoms with Gasteiger partial charge in [-0.15, -0.1) is 0 Å². The van der Waals surface area contributed by atoms with E-state index in [0.29, 0.717) is 0 Å². The Morgan fingerprint density at radius 3 is 2.86 bits per heavy atom. The number of hydrogen-bond acceptors (Lipinski definition) is 3. The average molecular weight is 284 g/mol. The Hall–Kier alpha value is -1.65. The first-order valence-electron chi connectivity index (χ1n) is 7.79. The first-order chi connectivity index (χ1) is 10.3. The highest BCUT2D eigenvalue weighted by Gasteiger charge is 2.16. The molecule has 21 heavy (non-hydrogen) atoms. The van der Waals surface area contributed by atoms with Gasteiger partial charge in [0.25, 0.3) is 0 Å². The fraction of sp³-hybridized carbons (Fsp3) is 0.471. The van der Waals surface area contributed by atoms with Crippen LogP contribution in [0.4, 0.5) is 0 Å². The third kappa shape index (κ3) is 3.93. The number of benzene rings is 1. The molecular formula is C17H24N4. The molecule has 1 aromatic carbocycles. The number of likely N-dealkylation sites (tertiary alicyclic amines) is 1. The van der Waals surface area contributed by atoms with Gasteiger partial charge in [-0.25, -0.2) is 4.68 Å². The van der Waals surface area contributed by atoms with Crippen molar-refractivity contribution in [3.05, 3.63) is 48.3 Å². The van der Waals surface area contributed by atoms with Gasteiger partial charge in [-0.2, -0.15) is 5.10 Å². The summed E-state index contributed by atoms with van der Waals surface area (Å²) in [4.78, 5) is 2.44. The monoisotopic (exact) mass is 284 g/mol. The van der Waals surface area contributed by atoms with E-state index in [1.165, 1.54) is 31.5 Å². The van der Waals surface area contributed by atoms with Gasteiger partial charge in [-0.05, 0) is 62.7 Å². The van der Waals surface area contributed by atoms with Gasteiger partial charge in [0.2, 0.25) is 0 Å². The highest BCUT2D eigenvalue weighted by molar-refractivity contribution is 5.33. The van der Waals surface area contributed by atoms with Crippen LogP contribution in [0.3, 0.4) is 0 Å². The zero-order valence-corrected chi connectivity index (χ0v) is 12.7. The zero-order valence-electron chi connectivity index (χ0n) is 12.7. The molecule has 1 aliphatic rings. The second kappa shape index (κ2) is 6.87. The molecule has 2 aromatic rings. The summed E-state index contributed by atoms with van der Waals surface area (Å²) in [5, 5.41) is 7.84. The molecule has 4 nitrogen and oxygen atoms in total. The summed E-state index contributed by atoms with van der Waals surface area (Å²) in [7, 11) is 2.22. The number of hydrogen-bond donors (Lipinski definition) is 1. The molecule has 0 saturated carbocycles. The van der Waals surface area contributed by atoms with Crippen molar-refractivity contribution in [3.63, 3.8) is 0 Å². The second-order valence-electron chi connectivity index (χ2n) is 6.02. The lowest BCUT2D eigenvalue weighted by molar-refractivity contribution is 0.206. The molecule has 1 fully saturated rings. The van der Waals surface area contributed by atoms with Crippen LogP contribution in [-0.4, -0.2) is 41.4 Å². The summed E-state index contributed by atoms with van der Waals surface area (Å²) >= 11 is 0. The Balaban J connectivity index is 1.47. The first-order valence-corrected chi connectivity index (χ1v) is 7.79. The molecule has 1 atom stereocenters. The van der Waals surface area contributed by atoms with Crippen LogP contribution in [0.1, 0.15) is 18.4 Å². The van der Waals surface area contributed by atoms with Gasteiger partial charge in [0, 0.05) is 25.5 Å². The van der Waals surface area contributed by atoms with Crippen molar-refractivity contribution < 1.29 is 0 Å². The van der Waals surface area contributed by atoms with Gasteiger partial charge in [-0.3, -0.25) is 0 Å². The summed E-state index contributed by atoms with van der Waals surface area (Å²) in [5.74, 6) is 0.798. The van der Waals surface area contributed by atoms with E-state index in [4.69, 9.17) is 0 Å². The van der Waals surface area contributed by atoms with Crippen molar-refractivity contribution in [2.45, 2.75) is 19.4 Å². The van der Waals surface area contributed by atoms with E-state index in [9.17, 15) is 0 Å². The van der Waals surface area contributed by atoms with Crippen molar-refractivity contribution in [1.82, 2.24) is 20.0 Å². The smallest absolute Gasteiger partial charge is 0.0645 e. The third-order valence-electron chi connectivity index (χ3n) is 4.19. The lowest BCUT2D eigenvalue weighted by Gasteiger charge is -2.29. The molecule has 0 amide bonds. The normalized spacial score (nSPS) is 19.8. The number of aromatic nitrogens is 2. The van der Waals surface area contributed by atoms with Crippen molar-refractivity contribution in [2.75, 3.05) is 26.7 Å². The number of rotatable bonds is 5. The van der Waals surface area contributed by atoms with Crippen LogP contribution < -0.4 is 5.32 Å². The molecule has 1 saturated heterocycles. The highest BCUT2D eigenvalue weighted by atomic mass is 15.3. The summed E-state index contributed by atoms with van der Waals surface area (Å²) < 4.78 is 1.88. The van der Waals surface area contributed by atoms with Gasteiger partial charge < -0.3 is 10.2 Å². The van der Waals surface area contributed by atoms with Crippen molar-refractivity contribution in [3.8, 4) is 5.69 Å². The number of piperidine rings is 1. The number of nitrogens with one attached hydrogen (secondary N) is 1.